The van der Waals surface area contributed by atoms with Gasteiger partial charge in [0.25, 0.3) is 28.4 Å². The first kappa shape index (κ1) is 28.8. The van der Waals surface area contributed by atoms with Gasteiger partial charge in [-0.15, -0.1) is 0 Å². The van der Waals surface area contributed by atoms with E-state index in [1.165, 1.54) is 22.6 Å². The summed E-state index contributed by atoms with van der Waals surface area (Å²) in [4.78, 5) is 64.4. The molecule has 0 fully saturated rings. The molecule has 2 heterocycles. The smallest absolute Gasteiger partial charge is 0.335 e. The Kier molecular flexibility index (Phi) is 7.81. The number of nitrogen functional groups attached to an aromatic ring is 1. The van der Waals surface area contributed by atoms with Gasteiger partial charge in [-0.3, -0.25) is 19.2 Å². The molecule has 0 saturated carbocycles. The molecular formula is C28H23N7O7S. The van der Waals surface area contributed by atoms with Crippen molar-refractivity contribution in [3.8, 4) is 0 Å². The lowest BCUT2D eigenvalue weighted by molar-refractivity contribution is 0.0696. The Morgan fingerprint density at radius 2 is 1.72 bits per heavy atom. The maximum Gasteiger partial charge on any atom is 0.335 e. The van der Waals surface area contributed by atoms with Gasteiger partial charge in [0.15, 0.2) is 0 Å². The first-order valence-corrected chi connectivity index (χ1v) is 13.2. The van der Waals surface area contributed by atoms with Crippen molar-refractivity contribution in [2.24, 2.45) is 0 Å². The minimum absolute atomic E-state index is 0.0407. The number of rotatable bonds is 10. The largest absolute Gasteiger partial charge is 0.478 e. The van der Waals surface area contributed by atoms with Gasteiger partial charge in [0.05, 0.1) is 11.6 Å². The average molecular weight is 602 g/mol. The van der Waals surface area contributed by atoms with Gasteiger partial charge in [-0.2, -0.15) is 0 Å². The number of nitrogens with one attached hydrogen (secondary N) is 3. The minimum atomic E-state index is -1.07. The Labute approximate surface area is 246 Å². The number of carbonyl (C=O) groups is 3. The number of benzene rings is 2. The van der Waals surface area contributed by atoms with Crippen LogP contribution in [0.4, 0.5) is 11.4 Å². The van der Waals surface area contributed by atoms with Gasteiger partial charge in [0, 0.05) is 13.1 Å². The highest BCUT2D eigenvalue weighted by Gasteiger charge is 2.22. The third-order valence-corrected chi connectivity index (χ3v) is 6.91. The van der Waals surface area contributed by atoms with Gasteiger partial charge in [0.1, 0.15) is 22.8 Å². The van der Waals surface area contributed by atoms with Crippen LogP contribution in [0.5, 0.6) is 0 Å². The maximum absolute atomic E-state index is 13.3. The number of nitrogens with two attached hydrogens (primary N) is 1. The maximum atomic E-state index is 13.3. The number of carbonyl (C=O) groups excluding carboxylic acids is 2. The van der Waals surface area contributed by atoms with Crippen LogP contribution in [0.1, 0.15) is 61.0 Å². The van der Waals surface area contributed by atoms with Crippen molar-refractivity contribution in [3.05, 3.63) is 114 Å². The minimum Gasteiger partial charge on any atom is -0.478 e. The molecule has 15 heteroatoms. The molecule has 1 atom stereocenters. The van der Waals surface area contributed by atoms with Crippen molar-refractivity contribution in [1.82, 2.24) is 25.2 Å². The van der Waals surface area contributed by atoms with E-state index >= 15 is 0 Å². The van der Waals surface area contributed by atoms with Crippen LogP contribution in [-0.2, 0) is 13.1 Å². The van der Waals surface area contributed by atoms with Crippen LogP contribution >= 0.6 is 12.2 Å². The molecule has 0 saturated heterocycles. The number of hydrogen-bond acceptors (Lipinski definition) is 11. The molecular weight excluding hydrogens is 578 g/mol. The van der Waals surface area contributed by atoms with Crippen molar-refractivity contribution >= 4 is 47.2 Å². The second-order valence-corrected chi connectivity index (χ2v) is 9.89. The lowest BCUT2D eigenvalue weighted by Gasteiger charge is -2.15. The quantitative estimate of drug-likeness (QED) is 0.115. The molecule has 6 N–H and O–H groups in total. The molecule has 43 heavy (non-hydrogen) atoms. The molecule has 0 aliphatic heterocycles. The molecule has 0 aliphatic carbocycles. The average Bonchev–Trinajstić information content (AvgIpc) is 3.39. The third-order valence-electron chi connectivity index (χ3n) is 6.65. The van der Waals surface area contributed by atoms with Crippen LogP contribution in [0.2, 0.25) is 0 Å². The van der Waals surface area contributed by atoms with E-state index in [2.05, 4.69) is 26.1 Å². The van der Waals surface area contributed by atoms with Crippen molar-refractivity contribution in [2.75, 3.05) is 11.1 Å². The van der Waals surface area contributed by atoms with Crippen LogP contribution in [-0.4, -0.2) is 37.4 Å². The highest BCUT2D eigenvalue weighted by atomic mass is 32.1. The first-order chi connectivity index (χ1) is 20.5. The second kappa shape index (κ2) is 11.7. The summed E-state index contributed by atoms with van der Waals surface area (Å²) in [5.74, 6) is -2.35. The summed E-state index contributed by atoms with van der Waals surface area (Å²) in [6.07, 6.45) is 0. The molecule has 218 valence electrons. The number of carboxylic acids is 1. The predicted molar refractivity (Wildman–Crippen MR) is 156 cm³/mol. The molecule has 0 aliphatic rings. The number of anilines is 2. The highest BCUT2D eigenvalue weighted by molar-refractivity contribution is 7.71. The SMILES string of the molecule is C[C@@H](NC(=O)c1cc(C(=O)NCc2cccc(CNc3c(N)c(=O)c3=O)c2)nc2noc(=S)n12)c1ccc(C(=O)O)cc1. The van der Waals surface area contributed by atoms with Gasteiger partial charge in [-0.1, -0.05) is 36.4 Å². The Bertz CT molecular complexity index is 2020. The second-order valence-electron chi connectivity index (χ2n) is 9.54. The lowest BCUT2D eigenvalue weighted by atomic mass is 10.1. The van der Waals surface area contributed by atoms with E-state index in [0.717, 1.165) is 11.1 Å². The van der Waals surface area contributed by atoms with Crippen LogP contribution in [0.3, 0.4) is 0 Å². The number of aromatic nitrogens is 3. The van der Waals surface area contributed by atoms with Crippen molar-refractivity contribution in [1.29, 1.82) is 0 Å². The van der Waals surface area contributed by atoms with Gasteiger partial charge >= 0.3 is 10.8 Å². The van der Waals surface area contributed by atoms with E-state index in [1.807, 2.05) is 0 Å². The fourth-order valence-electron chi connectivity index (χ4n) is 4.30. The number of aromatic carboxylic acids is 1. The molecule has 5 rings (SSSR count). The summed E-state index contributed by atoms with van der Waals surface area (Å²) >= 11 is 5.15. The molecule has 0 radical (unpaired) electrons. The van der Waals surface area contributed by atoms with Gasteiger partial charge in [-0.05, 0) is 59.2 Å². The monoisotopic (exact) mass is 601 g/mol. The zero-order valence-corrected chi connectivity index (χ0v) is 23.2. The van der Waals surface area contributed by atoms with E-state index in [0.29, 0.717) is 5.56 Å². The summed E-state index contributed by atoms with van der Waals surface area (Å²) in [7, 11) is 0. The van der Waals surface area contributed by atoms with E-state index in [1.54, 1.807) is 43.3 Å². The summed E-state index contributed by atoms with van der Waals surface area (Å²) in [5, 5.41) is 21.3. The molecule has 14 nitrogen and oxygen atoms in total. The normalized spacial score (nSPS) is 11.7. The predicted octanol–water partition coefficient (Wildman–Crippen LogP) is 1.96. The van der Waals surface area contributed by atoms with Crippen LogP contribution in [0, 0.1) is 4.84 Å². The van der Waals surface area contributed by atoms with Crippen molar-refractivity contribution in [2.45, 2.75) is 26.1 Å². The Hall–Kier alpha value is -5.70. The number of carboxylic acid groups (broad SMARTS) is 1. The van der Waals surface area contributed by atoms with Crippen molar-refractivity contribution < 1.29 is 24.0 Å². The topological polar surface area (TPSA) is 211 Å². The van der Waals surface area contributed by atoms with Gasteiger partial charge < -0.3 is 31.3 Å². The summed E-state index contributed by atoms with van der Waals surface area (Å²) in [6, 6.07) is 13.9. The van der Waals surface area contributed by atoms with Crippen molar-refractivity contribution in [3.63, 3.8) is 0 Å². The Balaban J connectivity index is 1.29. The molecule has 2 amide bonds. The third kappa shape index (κ3) is 5.87. The van der Waals surface area contributed by atoms with Crippen LogP contribution < -0.4 is 32.5 Å². The lowest BCUT2D eigenvalue weighted by Crippen LogP contribution is -2.36. The standard InChI is InChI=1S/C28H23N7O7S/c1-13(16-5-7-17(8-6-16)26(40)41)32-25(39)19-10-18(33-27-34-42-28(43)35(19)27)24(38)31-12-15-4-2-3-14(9-15)11-30-21-20(29)22(36)23(21)37/h2-10,13,30H,11-12,29H2,1H3,(H,31,38)(H,32,39)(H,40,41)/t13-/m1/s1. The molecule has 2 aromatic heterocycles. The Morgan fingerprint density at radius 3 is 2.40 bits per heavy atom. The Morgan fingerprint density at radius 1 is 1.02 bits per heavy atom. The molecule has 0 spiro atoms. The summed E-state index contributed by atoms with van der Waals surface area (Å²) in [5.41, 5.74) is 6.30. The van der Waals surface area contributed by atoms with E-state index < -0.39 is 34.7 Å². The summed E-state index contributed by atoms with van der Waals surface area (Å²) < 4.78 is 6.22. The number of hydrogen-bond donors (Lipinski definition) is 5. The molecule has 0 bridgehead atoms. The van der Waals surface area contributed by atoms with E-state index in [9.17, 15) is 24.0 Å². The van der Waals surface area contributed by atoms with Gasteiger partial charge in [0.2, 0.25) is 0 Å². The highest BCUT2D eigenvalue weighted by Crippen LogP contribution is 2.17. The van der Waals surface area contributed by atoms with Crippen LogP contribution in [0.15, 0.2) is 68.7 Å². The number of nitrogens with zero attached hydrogens (tertiary/aromatic N) is 3. The zero-order valence-electron chi connectivity index (χ0n) is 22.4. The molecule has 3 aromatic carbocycles. The molecule has 5 aromatic rings. The molecule has 0 unspecified atom stereocenters. The van der Waals surface area contributed by atoms with Crippen LogP contribution in [0.25, 0.3) is 5.78 Å². The van der Waals surface area contributed by atoms with E-state index in [-0.39, 0.29) is 52.0 Å². The first-order valence-electron chi connectivity index (χ1n) is 12.8. The van der Waals surface area contributed by atoms with Gasteiger partial charge in [-0.25, -0.2) is 14.2 Å². The van der Waals surface area contributed by atoms with E-state index in [4.69, 9.17) is 27.6 Å². The fraction of sp³-hybridized carbons (Fsp3) is 0.143. The number of amides is 2. The zero-order chi connectivity index (χ0) is 30.8. The summed E-state index contributed by atoms with van der Waals surface area (Å²) in [6.45, 7) is 2.06. The fourth-order valence-corrected chi connectivity index (χ4v) is 4.52. The number of fused-ring (bicyclic) bond motifs is 1.